The summed E-state index contributed by atoms with van der Waals surface area (Å²) in [5.74, 6) is 0. The molecule has 2 aromatic rings. The Morgan fingerprint density at radius 1 is 1.04 bits per heavy atom. The fourth-order valence-electron chi connectivity index (χ4n) is 3.35. The molecule has 23 heavy (non-hydrogen) atoms. The number of β-amino-alcohol motifs (C(OH)–C–C–N with tert-alkyl or cyclic N) is 1. The molecule has 1 aliphatic heterocycles. The average Bonchev–Trinajstić information content (AvgIpc) is 2.58. The number of nitrogens with zero attached hydrogens (tertiary/aromatic N) is 1. The monoisotopic (exact) mass is 311 g/mol. The number of aliphatic hydroxyl groups is 2. The smallest absolute Gasteiger partial charge is 0.0921 e. The van der Waals surface area contributed by atoms with Gasteiger partial charge in [-0.1, -0.05) is 60.2 Å². The van der Waals surface area contributed by atoms with Crippen molar-refractivity contribution < 1.29 is 10.2 Å². The Hall–Kier alpha value is -1.68. The lowest BCUT2D eigenvalue weighted by molar-refractivity contribution is -0.0345. The zero-order valence-electron chi connectivity index (χ0n) is 13.7. The Balaban J connectivity index is 1.60. The highest BCUT2D eigenvalue weighted by Gasteiger charge is 2.34. The van der Waals surface area contributed by atoms with Crippen LogP contribution >= 0.6 is 0 Å². The van der Waals surface area contributed by atoms with Crippen LogP contribution in [0, 0.1) is 6.92 Å². The topological polar surface area (TPSA) is 43.7 Å². The van der Waals surface area contributed by atoms with Gasteiger partial charge in [-0.15, -0.1) is 0 Å². The van der Waals surface area contributed by atoms with E-state index in [2.05, 4.69) is 24.0 Å². The van der Waals surface area contributed by atoms with E-state index in [4.69, 9.17) is 0 Å². The molecule has 1 atom stereocenters. The first-order chi connectivity index (χ1) is 11.1. The van der Waals surface area contributed by atoms with Crippen LogP contribution in [0.2, 0.25) is 0 Å². The number of rotatable bonds is 4. The maximum Gasteiger partial charge on any atom is 0.0921 e. The van der Waals surface area contributed by atoms with Gasteiger partial charge in [0.25, 0.3) is 0 Å². The molecule has 3 heteroatoms. The minimum atomic E-state index is -0.736. The summed E-state index contributed by atoms with van der Waals surface area (Å²) < 4.78 is 0. The van der Waals surface area contributed by atoms with Gasteiger partial charge in [0.2, 0.25) is 0 Å². The van der Waals surface area contributed by atoms with Gasteiger partial charge in [-0.2, -0.15) is 0 Å². The number of piperidine rings is 1. The first-order valence-electron chi connectivity index (χ1n) is 8.32. The van der Waals surface area contributed by atoms with Crippen LogP contribution in [0.15, 0.2) is 54.6 Å². The number of hydrogen-bond donors (Lipinski definition) is 2. The normalized spacial score (nSPS) is 19.4. The summed E-state index contributed by atoms with van der Waals surface area (Å²) in [6.07, 6.45) is 0.942. The number of benzene rings is 2. The summed E-state index contributed by atoms with van der Waals surface area (Å²) in [7, 11) is 0. The van der Waals surface area contributed by atoms with Crippen molar-refractivity contribution in [3.63, 3.8) is 0 Å². The van der Waals surface area contributed by atoms with Crippen molar-refractivity contribution in [1.29, 1.82) is 0 Å². The lowest BCUT2D eigenvalue weighted by Gasteiger charge is -2.39. The van der Waals surface area contributed by atoms with Crippen LogP contribution in [0.3, 0.4) is 0 Å². The van der Waals surface area contributed by atoms with Crippen molar-refractivity contribution in [1.82, 2.24) is 4.90 Å². The quantitative estimate of drug-likeness (QED) is 0.912. The van der Waals surface area contributed by atoms with Gasteiger partial charge in [0, 0.05) is 19.6 Å². The van der Waals surface area contributed by atoms with Crippen molar-refractivity contribution in [3.05, 3.63) is 71.3 Å². The highest BCUT2D eigenvalue weighted by atomic mass is 16.3. The molecule has 3 rings (SSSR count). The van der Waals surface area contributed by atoms with E-state index in [1.165, 1.54) is 5.56 Å². The van der Waals surface area contributed by atoms with E-state index in [-0.39, 0.29) is 0 Å². The van der Waals surface area contributed by atoms with Crippen molar-refractivity contribution in [2.45, 2.75) is 31.5 Å². The fraction of sp³-hybridized carbons (Fsp3) is 0.400. The summed E-state index contributed by atoms with van der Waals surface area (Å²) >= 11 is 0. The molecule has 0 radical (unpaired) electrons. The average molecular weight is 311 g/mol. The third-order valence-corrected chi connectivity index (χ3v) is 4.85. The molecular formula is C20H25NO2. The zero-order valence-corrected chi connectivity index (χ0v) is 13.7. The molecule has 3 nitrogen and oxygen atoms in total. The van der Waals surface area contributed by atoms with Gasteiger partial charge in [0.15, 0.2) is 0 Å². The van der Waals surface area contributed by atoms with Gasteiger partial charge in [0.05, 0.1) is 11.7 Å². The van der Waals surface area contributed by atoms with E-state index in [0.29, 0.717) is 19.4 Å². The summed E-state index contributed by atoms with van der Waals surface area (Å²) in [5.41, 5.74) is 2.41. The van der Waals surface area contributed by atoms with Gasteiger partial charge in [0.1, 0.15) is 0 Å². The third-order valence-electron chi connectivity index (χ3n) is 4.85. The van der Waals surface area contributed by atoms with Crippen LogP contribution in [0.25, 0.3) is 0 Å². The van der Waals surface area contributed by atoms with Gasteiger partial charge < -0.3 is 15.1 Å². The molecule has 1 heterocycles. The SMILES string of the molecule is Cc1cccc(C2(O)CCN(CC(O)c3ccccc3)CC2)c1. The largest absolute Gasteiger partial charge is 0.387 e. The van der Waals surface area contributed by atoms with Gasteiger partial charge >= 0.3 is 0 Å². The summed E-state index contributed by atoms with van der Waals surface area (Å²) in [6, 6.07) is 17.9. The Kier molecular flexibility index (Phi) is 4.81. The molecule has 1 fully saturated rings. The molecular weight excluding hydrogens is 286 g/mol. The number of aliphatic hydroxyl groups excluding tert-OH is 1. The van der Waals surface area contributed by atoms with Gasteiger partial charge in [-0.3, -0.25) is 0 Å². The first kappa shape index (κ1) is 16.2. The van der Waals surface area contributed by atoms with E-state index in [0.717, 1.165) is 24.2 Å². The molecule has 0 aromatic heterocycles. The second-order valence-corrected chi connectivity index (χ2v) is 6.63. The molecule has 0 spiro atoms. The van der Waals surface area contributed by atoms with Crippen LogP contribution in [-0.4, -0.2) is 34.7 Å². The van der Waals surface area contributed by atoms with Crippen molar-refractivity contribution in [3.8, 4) is 0 Å². The molecule has 2 N–H and O–H groups in total. The zero-order chi connectivity index (χ0) is 16.3. The van der Waals surface area contributed by atoms with E-state index in [1.54, 1.807) is 0 Å². The maximum absolute atomic E-state index is 10.9. The number of aryl methyl sites for hydroxylation is 1. The molecule has 0 aliphatic carbocycles. The fourth-order valence-corrected chi connectivity index (χ4v) is 3.35. The molecule has 1 aliphatic rings. The second-order valence-electron chi connectivity index (χ2n) is 6.63. The van der Waals surface area contributed by atoms with Crippen molar-refractivity contribution in [2.24, 2.45) is 0 Å². The van der Waals surface area contributed by atoms with Crippen molar-refractivity contribution in [2.75, 3.05) is 19.6 Å². The van der Waals surface area contributed by atoms with Crippen LogP contribution < -0.4 is 0 Å². The standard InChI is InChI=1S/C20H25NO2/c1-16-6-5-9-18(14-16)20(23)10-12-21(13-11-20)15-19(22)17-7-3-2-4-8-17/h2-9,14,19,22-23H,10-13,15H2,1H3. The molecule has 0 saturated carbocycles. The Bertz CT molecular complexity index is 633. The lowest BCUT2D eigenvalue weighted by atomic mass is 9.84. The second kappa shape index (κ2) is 6.83. The Morgan fingerprint density at radius 2 is 1.74 bits per heavy atom. The maximum atomic E-state index is 10.9. The molecule has 122 valence electrons. The summed E-state index contributed by atoms with van der Waals surface area (Å²) in [6.45, 7) is 4.27. The van der Waals surface area contributed by atoms with Crippen LogP contribution in [0.4, 0.5) is 0 Å². The molecule has 0 amide bonds. The van der Waals surface area contributed by atoms with Crippen LogP contribution in [0.1, 0.15) is 35.6 Å². The van der Waals surface area contributed by atoms with E-state index >= 15 is 0 Å². The van der Waals surface area contributed by atoms with Gasteiger partial charge in [-0.25, -0.2) is 0 Å². The number of hydrogen-bond acceptors (Lipinski definition) is 3. The molecule has 2 aromatic carbocycles. The molecule has 1 unspecified atom stereocenters. The highest BCUT2D eigenvalue weighted by molar-refractivity contribution is 5.28. The minimum absolute atomic E-state index is 0.471. The predicted octanol–water partition coefficient (Wildman–Crippen LogP) is 3.01. The first-order valence-corrected chi connectivity index (χ1v) is 8.32. The lowest BCUT2D eigenvalue weighted by Crippen LogP contribution is -2.44. The van der Waals surface area contributed by atoms with Crippen LogP contribution in [0.5, 0.6) is 0 Å². The summed E-state index contributed by atoms with van der Waals surface area (Å²) in [4.78, 5) is 2.24. The van der Waals surface area contributed by atoms with E-state index in [9.17, 15) is 10.2 Å². The van der Waals surface area contributed by atoms with Crippen molar-refractivity contribution >= 4 is 0 Å². The third kappa shape index (κ3) is 3.81. The van der Waals surface area contributed by atoms with Crippen LogP contribution in [-0.2, 0) is 5.60 Å². The summed E-state index contributed by atoms with van der Waals surface area (Å²) in [5, 5.41) is 21.3. The van der Waals surface area contributed by atoms with E-state index < -0.39 is 11.7 Å². The predicted molar refractivity (Wildman–Crippen MR) is 92.2 cm³/mol. The Morgan fingerprint density at radius 3 is 2.39 bits per heavy atom. The van der Waals surface area contributed by atoms with E-state index in [1.807, 2.05) is 42.5 Å². The molecule has 0 bridgehead atoms. The molecule has 1 saturated heterocycles. The number of likely N-dealkylation sites (tertiary alicyclic amines) is 1. The minimum Gasteiger partial charge on any atom is -0.387 e. The Labute approximate surface area is 138 Å². The highest BCUT2D eigenvalue weighted by Crippen LogP contribution is 2.33. The van der Waals surface area contributed by atoms with Gasteiger partial charge in [-0.05, 0) is 30.9 Å².